The molecular weight excluding hydrogens is 311 g/mol. The van der Waals surface area contributed by atoms with Gasteiger partial charge in [0, 0.05) is 6.07 Å². The molecular formula is C12H7BrF3NO. The fourth-order valence-corrected chi connectivity index (χ4v) is 1.64. The van der Waals surface area contributed by atoms with Crippen LogP contribution in [-0.2, 0) is 0 Å². The Kier molecular flexibility index (Phi) is 3.47. The maximum atomic E-state index is 13.5. The highest BCUT2D eigenvalue weighted by molar-refractivity contribution is 9.10. The number of rotatable bonds is 2. The van der Waals surface area contributed by atoms with E-state index in [1.54, 1.807) is 0 Å². The number of hydrogen-bond donors (Lipinski definition) is 1. The summed E-state index contributed by atoms with van der Waals surface area (Å²) in [5.74, 6) is -3.34. The molecule has 0 saturated heterocycles. The van der Waals surface area contributed by atoms with E-state index in [0.717, 1.165) is 12.1 Å². The molecule has 0 aliphatic carbocycles. The van der Waals surface area contributed by atoms with Crippen molar-refractivity contribution >= 4 is 21.6 Å². The van der Waals surface area contributed by atoms with Crippen molar-refractivity contribution in [2.45, 2.75) is 0 Å². The second kappa shape index (κ2) is 4.89. The second-order valence-corrected chi connectivity index (χ2v) is 4.31. The van der Waals surface area contributed by atoms with E-state index in [9.17, 15) is 13.2 Å². The fraction of sp³-hybridized carbons (Fsp3) is 0. The molecule has 0 spiro atoms. The van der Waals surface area contributed by atoms with E-state index >= 15 is 0 Å². The lowest BCUT2D eigenvalue weighted by atomic mass is 10.2. The zero-order chi connectivity index (χ0) is 13.3. The first-order valence-corrected chi connectivity index (χ1v) is 5.64. The molecule has 0 atom stereocenters. The number of anilines is 1. The van der Waals surface area contributed by atoms with Crippen molar-refractivity contribution in [3.05, 3.63) is 52.3 Å². The number of ether oxygens (including phenoxy) is 1. The van der Waals surface area contributed by atoms with Crippen LogP contribution in [0.4, 0.5) is 18.9 Å². The van der Waals surface area contributed by atoms with E-state index < -0.39 is 23.2 Å². The summed E-state index contributed by atoms with van der Waals surface area (Å²) < 4.78 is 45.1. The van der Waals surface area contributed by atoms with E-state index in [0.29, 0.717) is 4.47 Å². The van der Waals surface area contributed by atoms with Crippen LogP contribution in [0.2, 0.25) is 0 Å². The summed E-state index contributed by atoms with van der Waals surface area (Å²) in [6.07, 6.45) is 0. The predicted octanol–water partition coefficient (Wildman–Crippen LogP) is 4.24. The molecule has 2 nitrogen and oxygen atoms in total. The third-order valence-electron chi connectivity index (χ3n) is 2.19. The molecule has 2 aromatic rings. The van der Waals surface area contributed by atoms with Gasteiger partial charge in [-0.3, -0.25) is 0 Å². The van der Waals surface area contributed by atoms with Crippen LogP contribution in [0.3, 0.4) is 0 Å². The minimum Gasteiger partial charge on any atom is -0.451 e. The first kappa shape index (κ1) is 12.8. The maximum Gasteiger partial charge on any atom is 0.203 e. The zero-order valence-electron chi connectivity index (χ0n) is 8.88. The summed E-state index contributed by atoms with van der Waals surface area (Å²) in [5.41, 5.74) is 5.41. The first-order valence-electron chi connectivity index (χ1n) is 4.85. The number of halogens is 4. The molecule has 0 unspecified atom stereocenters. The Balaban J connectivity index is 2.46. The topological polar surface area (TPSA) is 35.2 Å². The Bertz CT molecular complexity index is 604. The van der Waals surface area contributed by atoms with Crippen LogP contribution in [-0.4, -0.2) is 0 Å². The minimum atomic E-state index is -1.22. The quantitative estimate of drug-likeness (QED) is 0.841. The Morgan fingerprint density at radius 3 is 2.50 bits per heavy atom. The van der Waals surface area contributed by atoms with Gasteiger partial charge in [-0.25, -0.2) is 8.78 Å². The summed E-state index contributed by atoms with van der Waals surface area (Å²) >= 11 is 3.11. The minimum absolute atomic E-state index is 0.00574. The Morgan fingerprint density at radius 1 is 1.06 bits per heavy atom. The lowest BCUT2D eigenvalue weighted by Crippen LogP contribution is -1.98. The molecule has 0 amide bonds. The maximum absolute atomic E-state index is 13.5. The lowest BCUT2D eigenvalue weighted by Gasteiger charge is -2.11. The highest BCUT2D eigenvalue weighted by Crippen LogP contribution is 2.35. The van der Waals surface area contributed by atoms with Crippen molar-refractivity contribution in [2.75, 3.05) is 5.73 Å². The second-order valence-electron chi connectivity index (χ2n) is 3.46. The number of hydrogen-bond acceptors (Lipinski definition) is 2. The van der Waals surface area contributed by atoms with Crippen LogP contribution in [0, 0.1) is 17.5 Å². The Labute approximate surface area is 109 Å². The summed E-state index contributed by atoms with van der Waals surface area (Å²) in [6.45, 7) is 0. The molecule has 2 aromatic carbocycles. The standard InChI is InChI=1S/C12H7BrF3NO/c13-7-2-1-6(14)5-10(7)18-12-9(17)4-3-8(15)11(12)16/h1-5H,17H2. The largest absolute Gasteiger partial charge is 0.451 e. The normalized spacial score (nSPS) is 10.4. The molecule has 2 N–H and O–H groups in total. The van der Waals surface area contributed by atoms with Gasteiger partial charge in [0.2, 0.25) is 5.82 Å². The van der Waals surface area contributed by atoms with Gasteiger partial charge in [-0.15, -0.1) is 0 Å². The number of nitrogen functional groups attached to an aromatic ring is 1. The lowest BCUT2D eigenvalue weighted by molar-refractivity contribution is 0.414. The van der Waals surface area contributed by atoms with Gasteiger partial charge in [-0.1, -0.05) is 0 Å². The van der Waals surface area contributed by atoms with Gasteiger partial charge in [0.15, 0.2) is 11.6 Å². The Hall–Kier alpha value is -1.69. The molecule has 2 rings (SSSR count). The van der Waals surface area contributed by atoms with Crippen molar-refractivity contribution in [3.8, 4) is 11.5 Å². The zero-order valence-corrected chi connectivity index (χ0v) is 10.5. The third kappa shape index (κ3) is 2.43. The van der Waals surface area contributed by atoms with Gasteiger partial charge >= 0.3 is 0 Å². The number of benzene rings is 2. The molecule has 18 heavy (non-hydrogen) atoms. The van der Waals surface area contributed by atoms with Gasteiger partial charge < -0.3 is 10.5 Å². The average Bonchev–Trinajstić information content (AvgIpc) is 2.34. The molecule has 94 valence electrons. The van der Waals surface area contributed by atoms with E-state index in [2.05, 4.69) is 15.9 Å². The predicted molar refractivity (Wildman–Crippen MR) is 64.9 cm³/mol. The van der Waals surface area contributed by atoms with Crippen molar-refractivity contribution < 1.29 is 17.9 Å². The van der Waals surface area contributed by atoms with Crippen LogP contribution in [0.15, 0.2) is 34.8 Å². The number of nitrogens with two attached hydrogens (primary N) is 1. The van der Waals surface area contributed by atoms with Gasteiger partial charge in [0.05, 0.1) is 10.2 Å². The van der Waals surface area contributed by atoms with Crippen molar-refractivity contribution in [1.29, 1.82) is 0 Å². The van der Waals surface area contributed by atoms with Gasteiger partial charge in [0.25, 0.3) is 0 Å². The van der Waals surface area contributed by atoms with E-state index in [1.165, 1.54) is 18.2 Å². The molecule has 0 radical (unpaired) electrons. The third-order valence-corrected chi connectivity index (χ3v) is 2.84. The summed E-state index contributed by atoms with van der Waals surface area (Å²) in [7, 11) is 0. The SMILES string of the molecule is Nc1ccc(F)c(F)c1Oc1cc(F)ccc1Br. The van der Waals surface area contributed by atoms with E-state index in [1.807, 2.05) is 0 Å². The highest BCUT2D eigenvalue weighted by Gasteiger charge is 2.15. The smallest absolute Gasteiger partial charge is 0.203 e. The molecule has 0 saturated carbocycles. The van der Waals surface area contributed by atoms with Crippen LogP contribution in [0.25, 0.3) is 0 Å². The molecule has 0 bridgehead atoms. The summed E-state index contributed by atoms with van der Waals surface area (Å²) in [5, 5.41) is 0. The molecule has 0 aliphatic heterocycles. The summed E-state index contributed by atoms with van der Waals surface area (Å²) in [6, 6.07) is 5.67. The first-order chi connectivity index (χ1) is 8.49. The van der Waals surface area contributed by atoms with Gasteiger partial charge in [0.1, 0.15) is 11.6 Å². The molecule has 0 aromatic heterocycles. The van der Waals surface area contributed by atoms with E-state index in [4.69, 9.17) is 10.5 Å². The molecule has 6 heteroatoms. The van der Waals surface area contributed by atoms with Crippen molar-refractivity contribution in [1.82, 2.24) is 0 Å². The van der Waals surface area contributed by atoms with Gasteiger partial charge in [-0.2, -0.15) is 4.39 Å². The summed E-state index contributed by atoms with van der Waals surface area (Å²) in [4.78, 5) is 0. The van der Waals surface area contributed by atoms with E-state index in [-0.39, 0.29) is 11.4 Å². The molecule has 0 heterocycles. The highest BCUT2D eigenvalue weighted by atomic mass is 79.9. The Morgan fingerprint density at radius 2 is 1.78 bits per heavy atom. The molecule has 0 aliphatic rings. The van der Waals surface area contributed by atoms with Crippen molar-refractivity contribution in [2.24, 2.45) is 0 Å². The monoisotopic (exact) mass is 317 g/mol. The fourth-order valence-electron chi connectivity index (χ4n) is 1.32. The van der Waals surface area contributed by atoms with Crippen LogP contribution >= 0.6 is 15.9 Å². The van der Waals surface area contributed by atoms with Crippen molar-refractivity contribution in [3.63, 3.8) is 0 Å². The molecule has 0 fully saturated rings. The van der Waals surface area contributed by atoms with Crippen LogP contribution < -0.4 is 10.5 Å². The van der Waals surface area contributed by atoms with Gasteiger partial charge in [-0.05, 0) is 40.2 Å². The average molecular weight is 318 g/mol. The van der Waals surface area contributed by atoms with Crippen LogP contribution in [0.1, 0.15) is 0 Å². The van der Waals surface area contributed by atoms with Crippen LogP contribution in [0.5, 0.6) is 11.5 Å².